The van der Waals surface area contributed by atoms with Gasteiger partial charge in [-0.15, -0.1) is 0 Å². The van der Waals surface area contributed by atoms with Crippen LogP contribution in [0.1, 0.15) is 41.5 Å². The third-order valence-corrected chi connectivity index (χ3v) is 8.86. The standard InChI is InChI=1S/C42H26O.3C2H6/c1-2-11-30-26-31(25-20-27(30)10-1)41-36-15-5-3-13-34(36)40(35-14-4-6-16-37(35)41)29-23-21-28(22-24-29)32-17-9-18-38-33-12-7-8-19-39(33)43-42(32)38;3*1-2/h1-26H;3*1-2H3. The zero-order chi connectivity index (χ0) is 34.3. The van der Waals surface area contributed by atoms with Crippen molar-refractivity contribution in [3.8, 4) is 33.4 Å². The molecular weight excluding hydrogens is 593 g/mol. The molecule has 0 amide bonds. The molecule has 0 spiro atoms. The Hall–Kier alpha value is -5.66. The molecule has 0 aliphatic rings. The molecule has 0 saturated heterocycles. The molecule has 0 bridgehead atoms. The minimum absolute atomic E-state index is 0.922. The lowest BCUT2D eigenvalue weighted by molar-refractivity contribution is 0.670. The van der Waals surface area contributed by atoms with Crippen LogP contribution < -0.4 is 0 Å². The second-order valence-corrected chi connectivity index (χ2v) is 11.3. The van der Waals surface area contributed by atoms with Crippen LogP contribution in [-0.4, -0.2) is 0 Å². The van der Waals surface area contributed by atoms with E-state index in [0.29, 0.717) is 0 Å². The lowest BCUT2D eigenvalue weighted by Gasteiger charge is -2.18. The normalized spacial score (nSPS) is 10.7. The van der Waals surface area contributed by atoms with Crippen molar-refractivity contribution in [1.82, 2.24) is 0 Å². The largest absolute Gasteiger partial charge is 0.455 e. The van der Waals surface area contributed by atoms with Crippen molar-refractivity contribution in [2.75, 3.05) is 0 Å². The summed E-state index contributed by atoms with van der Waals surface area (Å²) in [5.41, 5.74) is 9.12. The Kier molecular flexibility index (Phi) is 10.2. The van der Waals surface area contributed by atoms with Gasteiger partial charge in [0.15, 0.2) is 0 Å². The third-order valence-electron chi connectivity index (χ3n) is 8.86. The van der Waals surface area contributed by atoms with E-state index in [-0.39, 0.29) is 0 Å². The molecule has 0 aliphatic heterocycles. The van der Waals surface area contributed by atoms with E-state index in [1.54, 1.807) is 0 Å². The van der Waals surface area contributed by atoms with E-state index in [2.05, 4.69) is 146 Å². The predicted molar refractivity (Wildman–Crippen MR) is 217 cm³/mol. The molecular formula is C48H44O. The first kappa shape index (κ1) is 33.2. The Morgan fingerprint density at radius 2 is 0.776 bits per heavy atom. The van der Waals surface area contributed by atoms with E-state index >= 15 is 0 Å². The Labute approximate surface area is 290 Å². The van der Waals surface area contributed by atoms with Crippen molar-refractivity contribution < 1.29 is 4.42 Å². The summed E-state index contributed by atoms with van der Waals surface area (Å²) in [5, 5.41) is 9.87. The van der Waals surface area contributed by atoms with Crippen LogP contribution in [0.4, 0.5) is 0 Å². The number of rotatable bonds is 3. The molecule has 8 aromatic carbocycles. The summed E-state index contributed by atoms with van der Waals surface area (Å²) < 4.78 is 6.35. The SMILES string of the molecule is CC.CC.CC.c1ccc2cc(-c3c4ccccc4c(-c4ccc(-c5cccc6c5oc5ccccc56)cc4)c4ccccc34)ccc2c1. The molecule has 0 saturated carbocycles. The van der Waals surface area contributed by atoms with Crippen molar-refractivity contribution >= 4 is 54.3 Å². The molecule has 49 heavy (non-hydrogen) atoms. The summed E-state index contributed by atoms with van der Waals surface area (Å²) in [5.74, 6) is 0. The van der Waals surface area contributed by atoms with Gasteiger partial charge in [0.25, 0.3) is 0 Å². The van der Waals surface area contributed by atoms with Crippen LogP contribution in [-0.2, 0) is 0 Å². The zero-order valence-corrected chi connectivity index (χ0v) is 29.4. The maximum Gasteiger partial charge on any atom is 0.143 e. The first-order valence-electron chi connectivity index (χ1n) is 17.8. The van der Waals surface area contributed by atoms with Gasteiger partial charge in [0.05, 0.1) is 0 Å². The zero-order valence-electron chi connectivity index (χ0n) is 29.4. The Bertz CT molecular complexity index is 2440. The highest BCUT2D eigenvalue weighted by atomic mass is 16.3. The maximum absolute atomic E-state index is 6.35. The molecule has 0 atom stereocenters. The monoisotopic (exact) mass is 636 g/mol. The van der Waals surface area contributed by atoms with Crippen LogP contribution in [0, 0.1) is 0 Å². The molecule has 1 heteroatoms. The van der Waals surface area contributed by atoms with E-state index in [1.165, 1.54) is 54.6 Å². The molecule has 0 aliphatic carbocycles. The number of benzene rings is 8. The number of hydrogen-bond acceptors (Lipinski definition) is 1. The van der Waals surface area contributed by atoms with Crippen LogP contribution >= 0.6 is 0 Å². The summed E-state index contributed by atoms with van der Waals surface area (Å²) in [7, 11) is 0. The van der Waals surface area contributed by atoms with Crippen molar-refractivity contribution in [3.63, 3.8) is 0 Å². The highest BCUT2D eigenvalue weighted by Gasteiger charge is 2.17. The fraction of sp³-hybridized carbons (Fsp3) is 0.125. The van der Waals surface area contributed by atoms with Gasteiger partial charge in [-0.1, -0.05) is 187 Å². The van der Waals surface area contributed by atoms with Crippen LogP contribution in [0.2, 0.25) is 0 Å². The third kappa shape index (κ3) is 5.98. The highest BCUT2D eigenvalue weighted by molar-refractivity contribution is 6.21. The second-order valence-electron chi connectivity index (χ2n) is 11.3. The summed E-state index contributed by atoms with van der Waals surface area (Å²) in [6, 6.07) is 56.8. The number of hydrogen-bond donors (Lipinski definition) is 0. The average Bonchev–Trinajstić information content (AvgIpc) is 3.58. The highest BCUT2D eigenvalue weighted by Crippen LogP contribution is 2.44. The molecule has 1 heterocycles. The van der Waals surface area contributed by atoms with Crippen molar-refractivity contribution in [3.05, 3.63) is 158 Å². The van der Waals surface area contributed by atoms with Gasteiger partial charge in [0.1, 0.15) is 11.2 Å². The van der Waals surface area contributed by atoms with E-state index in [0.717, 1.165) is 33.1 Å². The fourth-order valence-electron chi connectivity index (χ4n) is 6.89. The van der Waals surface area contributed by atoms with Gasteiger partial charge in [-0.25, -0.2) is 0 Å². The summed E-state index contributed by atoms with van der Waals surface area (Å²) in [4.78, 5) is 0. The van der Waals surface area contributed by atoms with Gasteiger partial charge >= 0.3 is 0 Å². The molecule has 1 nitrogen and oxygen atoms in total. The Morgan fingerprint density at radius 3 is 1.39 bits per heavy atom. The number of furan rings is 1. The van der Waals surface area contributed by atoms with Crippen LogP contribution in [0.25, 0.3) is 87.6 Å². The molecule has 0 unspecified atom stereocenters. The van der Waals surface area contributed by atoms with Gasteiger partial charge in [0, 0.05) is 16.3 Å². The van der Waals surface area contributed by atoms with Gasteiger partial charge in [-0.05, 0) is 72.3 Å². The summed E-state index contributed by atoms with van der Waals surface area (Å²) in [6.07, 6.45) is 0. The Balaban J connectivity index is 0.000000661. The van der Waals surface area contributed by atoms with Crippen LogP contribution in [0.15, 0.2) is 162 Å². The molecule has 242 valence electrons. The topological polar surface area (TPSA) is 13.1 Å². The van der Waals surface area contributed by atoms with Crippen LogP contribution in [0.5, 0.6) is 0 Å². The second kappa shape index (κ2) is 15.0. The first-order valence-corrected chi connectivity index (χ1v) is 17.8. The summed E-state index contributed by atoms with van der Waals surface area (Å²) in [6.45, 7) is 12.0. The fourth-order valence-corrected chi connectivity index (χ4v) is 6.89. The molecule has 1 aromatic heterocycles. The van der Waals surface area contributed by atoms with Gasteiger partial charge in [-0.2, -0.15) is 0 Å². The van der Waals surface area contributed by atoms with E-state index in [4.69, 9.17) is 4.42 Å². The molecule has 0 fully saturated rings. The van der Waals surface area contributed by atoms with Crippen molar-refractivity contribution in [2.45, 2.75) is 41.5 Å². The molecule has 0 radical (unpaired) electrons. The minimum Gasteiger partial charge on any atom is -0.455 e. The predicted octanol–water partition coefficient (Wildman–Crippen LogP) is 15.1. The maximum atomic E-state index is 6.35. The Morgan fingerprint density at radius 1 is 0.327 bits per heavy atom. The minimum atomic E-state index is 0.922. The first-order chi connectivity index (χ1) is 24.3. The van der Waals surface area contributed by atoms with Gasteiger partial charge in [-0.3, -0.25) is 0 Å². The van der Waals surface area contributed by atoms with Crippen molar-refractivity contribution in [2.24, 2.45) is 0 Å². The average molecular weight is 637 g/mol. The van der Waals surface area contributed by atoms with E-state index in [9.17, 15) is 0 Å². The number of para-hydroxylation sites is 2. The smallest absolute Gasteiger partial charge is 0.143 e. The molecule has 9 aromatic rings. The van der Waals surface area contributed by atoms with Gasteiger partial charge < -0.3 is 4.42 Å². The van der Waals surface area contributed by atoms with Gasteiger partial charge in [0.2, 0.25) is 0 Å². The number of fused-ring (bicyclic) bond motifs is 6. The van der Waals surface area contributed by atoms with E-state index < -0.39 is 0 Å². The summed E-state index contributed by atoms with van der Waals surface area (Å²) >= 11 is 0. The molecule has 9 rings (SSSR count). The quantitative estimate of drug-likeness (QED) is 0.176. The van der Waals surface area contributed by atoms with Crippen LogP contribution in [0.3, 0.4) is 0 Å². The lowest BCUT2D eigenvalue weighted by Crippen LogP contribution is -1.91. The van der Waals surface area contributed by atoms with Crippen molar-refractivity contribution in [1.29, 1.82) is 0 Å². The van der Waals surface area contributed by atoms with E-state index in [1.807, 2.05) is 53.7 Å². The lowest BCUT2D eigenvalue weighted by atomic mass is 9.85. The molecule has 0 N–H and O–H groups in total.